The van der Waals surface area contributed by atoms with Crippen LogP contribution in [0.3, 0.4) is 0 Å². The summed E-state index contributed by atoms with van der Waals surface area (Å²) >= 11 is 0. The molecule has 1 N–H and O–H groups in total. The highest BCUT2D eigenvalue weighted by molar-refractivity contribution is 6.04. The summed E-state index contributed by atoms with van der Waals surface area (Å²) in [6, 6.07) is 15.5. The summed E-state index contributed by atoms with van der Waals surface area (Å²) < 4.78 is 18.7. The zero-order chi connectivity index (χ0) is 22.3. The summed E-state index contributed by atoms with van der Waals surface area (Å²) in [5.41, 5.74) is 1.93. The number of likely N-dealkylation sites (tertiary alicyclic amines) is 1. The number of carbonyl (C=O) groups excluding carboxylic acids is 1. The van der Waals surface area contributed by atoms with Crippen molar-refractivity contribution in [3.05, 3.63) is 83.7 Å². The van der Waals surface area contributed by atoms with E-state index in [0.717, 1.165) is 44.0 Å². The van der Waals surface area contributed by atoms with E-state index in [-0.39, 0.29) is 17.6 Å². The van der Waals surface area contributed by atoms with Crippen molar-refractivity contribution < 1.29 is 13.9 Å². The topological polar surface area (TPSA) is 67.3 Å². The summed E-state index contributed by atoms with van der Waals surface area (Å²) in [5, 5.41) is 2.88. The van der Waals surface area contributed by atoms with Crippen molar-refractivity contribution in [1.82, 2.24) is 14.9 Å². The number of benzene rings is 2. The lowest BCUT2D eigenvalue weighted by Gasteiger charge is -2.31. The van der Waals surface area contributed by atoms with Crippen LogP contribution < -0.4 is 10.1 Å². The molecular formula is C25H27FN4O2. The Morgan fingerprint density at radius 1 is 1.12 bits per heavy atom. The molecule has 2 aromatic carbocycles. The monoisotopic (exact) mass is 434 g/mol. The third-order valence-electron chi connectivity index (χ3n) is 5.72. The minimum atomic E-state index is -0.262. The van der Waals surface area contributed by atoms with Crippen LogP contribution in [0.1, 0.15) is 40.6 Å². The van der Waals surface area contributed by atoms with Crippen LogP contribution in [0.5, 0.6) is 5.75 Å². The molecule has 0 radical (unpaired) electrons. The van der Waals surface area contributed by atoms with Gasteiger partial charge in [0.1, 0.15) is 24.0 Å². The smallest absolute Gasteiger partial charge is 0.259 e. The molecule has 4 rings (SSSR count). The first-order valence-corrected chi connectivity index (χ1v) is 10.9. The second kappa shape index (κ2) is 10.3. The summed E-state index contributed by atoms with van der Waals surface area (Å²) in [6.45, 7) is 5.12. The van der Waals surface area contributed by atoms with Crippen LogP contribution >= 0.6 is 0 Å². The van der Waals surface area contributed by atoms with Crippen LogP contribution in [0.2, 0.25) is 0 Å². The SMILES string of the molecule is Cc1nc(C2CCN(CCOc3ccc(F)cc3)CC2)ncc1C(=O)Nc1ccccc1. The van der Waals surface area contributed by atoms with Crippen LogP contribution in [-0.2, 0) is 0 Å². The Morgan fingerprint density at radius 2 is 1.84 bits per heavy atom. The molecule has 0 spiro atoms. The highest BCUT2D eigenvalue weighted by atomic mass is 19.1. The number of rotatable bonds is 7. The van der Waals surface area contributed by atoms with Gasteiger partial charge in [0.25, 0.3) is 5.91 Å². The summed E-state index contributed by atoms with van der Waals surface area (Å²) in [7, 11) is 0. The molecule has 0 atom stereocenters. The fraction of sp³-hybridized carbons (Fsp3) is 0.320. The number of hydrogen-bond donors (Lipinski definition) is 1. The van der Waals surface area contributed by atoms with Crippen LogP contribution in [-0.4, -0.2) is 47.0 Å². The minimum Gasteiger partial charge on any atom is -0.492 e. The molecule has 7 heteroatoms. The molecule has 0 saturated carbocycles. The van der Waals surface area contributed by atoms with Crippen molar-refractivity contribution in [3.8, 4) is 5.75 Å². The van der Waals surface area contributed by atoms with Gasteiger partial charge in [-0.15, -0.1) is 0 Å². The van der Waals surface area contributed by atoms with E-state index in [2.05, 4.69) is 20.2 Å². The predicted molar refractivity (Wildman–Crippen MR) is 121 cm³/mol. The van der Waals surface area contributed by atoms with Crippen molar-refractivity contribution >= 4 is 11.6 Å². The number of anilines is 1. The summed E-state index contributed by atoms with van der Waals surface area (Å²) in [4.78, 5) is 24.1. The first-order valence-electron chi connectivity index (χ1n) is 10.9. The lowest BCUT2D eigenvalue weighted by Crippen LogP contribution is -2.36. The third kappa shape index (κ3) is 5.68. The standard InChI is InChI=1S/C25H27FN4O2/c1-18-23(25(31)29-21-5-3-2-4-6-21)17-27-24(28-18)19-11-13-30(14-12-19)15-16-32-22-9-7-20(26)8-10-22/h2-10,17,19H,11-16H2,1H3,(H,29,31). The number of carbonyl (C=O) groups is 1. The second-order valence-electron chi connectivity index (χ2n) is 7.97. The molecule has 0 bridgehead atoms. The Morgan fingerprint density at radius 3 is 2.53 bits per heavy atom. The molecule has 32 heavy (non-hydrogen) atoms. The molecule has 166 valence electrons. The second-order valence-corrected chi connectivity index (χ2v) is 7.97. The van der Waals surface area contributed by atoms with Crippen LogP contribution in [0, 0.1) is 12.7 Å². The number of para-hydroxylation sites is 1. The van der Waals surface area contributed by atoms with Crippen LogP contribution in [0.4, 0.5) is 10.1 Å². The Bertz CT molecular complexity index is 1040. The number of hydrogen-bond acceptors (Lipinski definition) is 5. The van der Waals surface area contributed by atoms with Crippen molar-refractivity contribution in [2.24, 2.45) is 0 Å². The van der Waals surface area contributed by atoms with E-state index >= 15 is 0 Å². The number of aromatic nitrogens is 2. The Balaban J connectivity index is 1.26. The normalized spacial score (nSPS) is 14.8. The molecule has 0 unspecified atom stereocenters. The quantitative estimate of drug-likeness (QED) is 0.596. The molecule has 0 aliphatic carbocycles. The highest BCUT2D eigenvalue weighted by Crippen LogP contribution is 2.26. The van der Waals surface area contributed by atoms with Gasteiger partial charge in [-0.1, -0.05) is 18.2 Å². The van der Waals surface area contributed by atoms with Gasteiger partial charge in [0.15, 0.2) is 0 Å². The van der Waals surface area contributed by atoms with Crippen LogP contribution in [0.25, 0.3) is 0 Å². The molecule has 1 aliphatic rings. The van der Waals surface area contributed by atoms with Gasteiger partial charge < -0.3 is 10.1 Å². The van der Waals surface area contributed by atoms with Crippen LogP contribution in [0.15, 0.2) is 60.8 Å². The summed E-state index contributed by atoms with van der Waals surface area (Å²) in [5.74, 6) is 1.31. The molecule has 1 amide bonds. The first-order chi connectivity index (χ1) is 15.6. The third-order valence-corrected chi connectivity index (χ3v) is 5.72. The number of halogens is 1. The fourth-order valence-electron chi connectivity index (χ4n) is 3.86. The molecule has 1 fully saturated rings. The molecular weight excluding hydrogens is 407 g/mol. The highest BCUT2D eigenvalue weighted by Gasteiger charge is 2.23. The maximum Gasteiger partial charge on any atom is 0.259 e. The van der Waals surface area contributed by atoms with Gasteiger partial charge in [0, 0.05) is 24.3 Å². The zero-order valence-corrected chi connectivity index (χ0v) is 18.1. The lowest BCUT2D eigenvalue weighted by atomic mass is 9.95. The van der Waals surface area contributed by atoms with Gasteiger partial charge in [-0.25, -0.2) is 14.4 Å². The molecule has 3 aromatic rings. The summed E-state index contributed by atoms with van der Waals surface area (Å²) in [6.07, 6.45) is 3.57. The largest absolute Gasteiger partial charge is 0.492 e. The number of aryl methyl sites for hydroxylation is 1. The van der Waals surface area contributed by atoms with E-state index < -0.39 is 0 Å². The minimum absolute atomic E-state index is 0.198. The van der Waals surface area contributed by atoms with Gasteiger partial charge in [0.05, 0.1) is 11.3 Å². The predicted octanol–water partition coefficient (Wildman–Crippen LogP) is 4.43. The number of ether oxygens (including phenoxy) is 1. The Hall–Kier alpha value is -3.32. The van der Waals surface area contributed by atoms with Gasteiger partial charge >= 0.3 is 0 Å². The molecule has 1 aliphatic heterocycles. The van der Waals surface area contributed by atoms with Gasteiger partial charge in [0.2, 0.25) is 0 Å². The Kier molecular flexibility index (Phi) is 7.07. The molecule has 2 heterocycles. The molecule has 1 aromatic heterocycles. The van der Waals surface area contributed by atoms with E-state index in [9.17, 15) is 9.18 Å². The number of nitrogens with one attached hydrogen (secondary N) is 1. The van der Waals surface area contributed by atoms with E-state index in [4.69, 9.17) is 4.74 Å². The van der Waals surface area contributed by atoms with Crippen molar-refractivity contribution in [2.45, 2.75) is 25.7 Å². The van der Waals surface area contributed by atoms with Gasteiger partial charge in [-0.2, -0.15) is 0 Å². The van der Waals surface area contributed by atoms with Crippen molar-refractivity contribution in [1.29, 1.82) is 0 Å². The first kappa shape index (κ1) is 21.9. The maximum absolute atomic E-state index is 13.0. The average molecular weight is 435 g/mol. The number of piperidine rings is 1. The van der Waals surface area contributed by atoms with Crippen molar-refractivity contribution in [3.63, 3.8) is 0 Å². The number of nitrogens with zero attached hydrogens (tertiary/aromatic N) is 3. The van der Waals surface area contributed by atoms with Gasteiger partial charge in [-0.3, -0.25) is 9.69 Å². The van der Waals surface area contributed by atoms with Crippen molar-refractivity contribution in [2.75, 3.05) is 31.6 Å². The lowest BCUT2D eigenvalue weighted by molar-refractivity contribution is 0.102. The van der Waals surface area contributed by atoms with E-state index in [1.807, 2.05) is 37.3 Å². The molecule has 6 nitrogen and oxygen atoms in total. The number of amides is 1. The van der Waals surface area contributed by atoms with Gasteiger partial charge in [-0.05, 0) is 69.3 Å². The zero-order valence-electron chi connectivity index (χ0n) is 18.1. The van der Waals surface area contributed by atoms with E-state index in [1.54, 1.807) is 18.3 Å². The molecule has 1 saturated heterocycles. The maximum atomic E-state index is 13.0. The fourth-order valence-corrected chi connectivity index (χ4v) is 3.86. The average Bonchev–Trinajstić information content (AvgIpc) is 2.81. The Labute approximate surface area is 187 Å². The van der Waals surface area contributed by atoms with E-state index in [0.29, 0.717) is 23.6 Å². The van der Waals surface area contributed by atoms with E-state index in [1.165, 1.54) is 12.1 Å².